The molecule has 5 nitrogen and oxygen atoms in total. The van der Waals surface area contributed by atoms with E-state index in [-0.39, 0.29) is 0 Å². The molecule has 27 heavy (non-hydrogen) atoms. The van der Waals surface area contributed by atoms with Crippen LogP contribution in [0.5, 0.6) is 5.75 Å². The molecule has 1 N–H and O–H groups in total. The van der Waals surface area contributed by atoms with Crippen LogP contribution in [0.25, 0.3) is 11.3 Å². The monoisotopic (exact) mass is 400 g/mol. The maximum absolute atomic E-state index is 10.7. The molecule has 0 aliphatic rings. The van der Waals surface area contributed by atoms with Crippen molar-refractivity contribution in [3.05, 3.63) is 75.6 Å². The minimum absolute atomic E-state index is 0.368. The van der Waals surface area contributed by atoms with Gasteiger partial charge in [-0.1, -0.05) is 45.9 Å². The molecule has 0 radical (unpaired) electrons. The van der Waals surface area contributed by atoms with E-state index in [0.29, 0.717) is 18.1 Å². The zero-order valence-electron chi connectivity index (χ0n) is 14.6. The number of halogens is 1. The lowest BCUT2D eigenvalue weighted by Gasteiger charge is -2.07. The van der Waals surface area contributed by atoms with Crippen LogP contribution < -0.4 is 4.74 Å². The Balaban J connectivity index is 1.64. The molecule has 3 rings (SSSR count). The minimum Gasteiger partial charge on any atom is -0.488 e. The number of rotatable bonds is 7. The Bertz CT molecular complexity index is 950. The number of carboxylic acid groups (broad SMARTS) is 1. The fourth-order valence-corrected chi connectivity index (χ4v) is 3.27. The number of benzene rings is 2. The first-order valence-corrected chi connectivity index (χ1v) is 9.35. The number of aliphatic carboxylic acids is 1. The zero-order valence-corrected chi connectivity index (χ0v) is 16.1. The summed E-state index contributed by atoms with van der Waals surface area (Å²) in [5, 5.41) is 13.6. The van der Waals surface area contributed by atoms with Crippen LogP contribution in [0, 0.1) is 0 Å². The van der Waals surface area contributed by atoms with Crippen molar-refractivity contribution >= 4 is 29.1 Å². The highest BCUT2D eigenvalue weighted by molar-refractivity contribution is 7.05. The summed E-state index contributed by atoms with van der Waals surface area (Å²) in [6.45, 7) is 2.17. The molecule has 0 saturated carbocycles. The third-order valence-electron chi connectivity index (χ3n) is 3.82. The Morgan fingerprint density at radius 1 is 1.19 bits per heavy atom. The summed E-state index contributed by atoms with van der Waals surface area (Å²) in [6.07, 6.45) is 1.81. The van der Waals surface area contributed by atoms with Gasteiger partial charge in [0, 0.05) is 16.7 Å². The lowest BCUT2D eigenvalue weighted by molar-refractivity contribution is -0.131. The average molecular weight is 401 g/mol. The van der Waals surface area contributed by atoms with Crippen molar-refractivity contribution in [3.8, 4) is 17.0 Å². The summed E-state index contributed by atoms with van der Waals surface area (Å²) in [6, 6.07) is 15.1. The van der Waals surface area contributed by atoms with Gasteiger partial charge in [0.15, 0.2) is 0 Å². The SMILES string of the molecule is CC(=CC(=O)O)Cc1ccc(OCc2snnc2-c2ccc(Cl)cc2)cc1. The molecule has 0 spiro atoms. The topological polar surface area (TPSA) is 72.3 Å². The second kappa shape index (κ2) is 8.79. The summed E-state index contributed by atoms with van der Waals surface area (Å²) in [5.74, 6) is -0.198. The molecular formula is C20H17ClN2O3S. The Morgan fingerprint density at radius 3 is 2.56 bits per heavy atom. The number of ether oxygens (including phenoxy) is 1. The first kappa shape index (κ1) is 19.1. The van der Waals surface area contributed by atoms with Gasteiger partial charge in [-0.2, -0.15) is 0 Å². The smallest absolute Gasteiger partial charge is 0.328 e. The first-order chi connectivity index (χ1) is 13.0. The Kier molecular flexibility index (Phi) is 6.21. The number of allylic oxidation sites excluding steroid dienone is 1. The van der Waals surface area contributed by atoms with E-state index >= 15 is 0 Å². The quantitative estimate of drug-likeness (QED) is 0.564. The van der Waals surface area contributed by atoms with Crippen LogP contribution in [0.3, 0.4) is 0 Å². The van der Waals surface area contributed by atoms with E-state index in [4.69, 9.17) is 21.4 Å². The van der Waals surface area contributed by atoms with E-state index in [1.54, 1.807) is 6.92 Å². The molecule has 0 fully saturated rings. The normalized spacial score (nSPS) is 11.4. The second-order valence-corrected chi connectivity index (χ2v) is 7.27. The van der Waals surface area contributed by atoms with Crippen molar-refractivity contribution in [2.24, 2.45) is 0 Å². The molecule has 138 valence electrons. The van der Waals surface area contributed by atoms with E-state index < -0.39 is 5.97 Å². The van der Waals surface area contributed by atoms with Crippen molar-refractivity contribution in [2.45, 2.75) is 20.0 Å². The first-order valence-electron chi connectivity index (χ1n) is 8.20. The lowest BCUT2D eigenvalue weighted by atomic mass is 10.1. The van der Waals surface area contributed by atoms with Crippen molar-refractivity contribution in [1.29, 1.82) is 0 Å². The third-order valence-corrected chi connectivity index (χ3v) is 4.77. The summed E-state index contributed by atoms with van der Waals surface area (Å²) in [5.41, 5.74) is 3.56. The fraction of sp³-hybridized carbons (Fsp3) is 0.150. The molecule has 0 unspecified atom stereocenters. The molecule has 1 aromatic heterocycles. The van der Waals surface area contributed by atoms with Crippen LogP contribution in [0.4, 0.5) is 0 Å². The van der Waals surface area contributed by atoms with Crippen molar-refractivity contribution in [2.75, 3.05) is 0 Å². The molecular weight excluding hydrogens is 384 g/mol. The van der Waals surface area contributed by atoms with Gasteiger partial charge in [-0.3, -0.25) is 0 Å². The number of aromatic nitrogens is 2. The standard InChI is InChI=1S/C20H17ClN2O3S/c1-13(11-19(24)25)10-14-2-8-17(9-3-14)26-12-18-20(22-23-27-18)15-4-6-16(21)7-5-15/h2-9,11H,10,12H2,1H3,(H,24,25). The van der Waals surface area contributed by atoms with E-state index in [1.165, 1.54) is 17.6 Å². The zero-order chi connectivity index (χ0) is 19.2. The highest BCUT2D eigenvalue weighted by Gasteiger charge is 2.11. The van der Waals surface area contributed by atoms with Gasteiger partial charge < -0.3 is 9.84 Å². The predicted octanol–water partition coefficient (Wildman–Crippen LogP) is 5.01. The average Bonchev–Trinajstić information content (AvgIpc) is 3.09. The van der Waals surface area contributed by atoms with E-state index in [1.807, 2.05) is 48.5 Å². The molecule has 1 heterocycles. The van der Waals surface area contributed by atoms with Gasteiger partial charge in [-0.25, -0.2) is 4.79 Å². The molecule has 3 aromatic rings. The summed E-state index contributed by atoms with van der Waals surface area (Å²) < 4.78 is 9.88. The van der Waals surface area contributed by atoms with Crippen LogP contribution in [0.2, 0.25) is 5.02 Å². The number of nitrogens with zero attached hydrogens (tertiary/aromatic N) is 2. The third kappa shape index (κ3) is 5.39. The maximum atomic E-state index is 10.7. The number of carbonyl (C=O) groups is 1. The van der Waals surface area contributed by atoms with Gasteiger partial charge >= 0.3 is 5.97 Å². The van der Waals surface area contributed by atoms with Crippen molar-refractivity contribution in [1.82, 2.24) is 9.59 Å². The van der Waals surface area contributed by atoms with Crippen LogP contribution in [0.1, 0.15) is 17.4 Å². The molecule has 0 aliphatic heterocycles. The molecule has 0 aliphatic carbocycles. The van der Waals surface area contributed by atoms with Crippen LogP contribution in [-0.2, 0) is 17.8 Å². The van der Waals surface area contributed by atoms with Crippen LogP contribution in [-0.4, -0.2) is 20.7 Å². The second-order valence-electron chi connectivity index (χ2n) is 5.99. The van der Waals surface area contributed by atoms with Gasteiger partial charge in [0.1, 0.15) is 18.1 Å². The Labute approximate surface area is 166 Å². The molecule has 7 heteroatoms. The van der Waals surface area contributed by atoms with Gasteiger partial charge in [0.2, 0.25) is 0 Å². The molecule has 0 saturated heterocycles. The van der Waals surface area contributed by atoms with E-state index in [2.05, 4.69) is 9.59 Å². The molecule has 0 amide bonds. The lowest BCUT2D eigenvalue weighted by Crippen LogP contribution is -1.96. The van der Waals surface area contributed by atoms with Gasteiger partial charge in [0.05, 0.1) is 4.88 Å². The number of hydrogen-bond donors (Lipinski definition) is 1. The largest absolute Gasteiger partial charge is 0.488 e. The van der Waals surface area contributed by atoms with Crippen molar-refractivity contribution in [3.63, 3.8) is 0 Å². The predicted molar refractivity (Wildman–Crippen MR) is 106 cm³/mol. The van der Waals surface area contributed by atoms with Crippen LogP contribution >= 0.6 is 23.1 Å². The summed E-state index contributed by atoms with van der Waals surface area (Å²) in [4.78, 5) is 11.6. The Hall–Kier alpha value is -2.70. The number of carboxylic acids is 1. The fourth-order valence-electron chi connectivity index (χ4n) is 2.57. The minimum atomic E-state index is -0.929. The summed E-state index contributed by atoms with van der Waals surface area (Å²) >= 11 is 7.24. The van der Waals surface area contributed by atoms with Gasteiger partial charge in [-0.05, 0) is 54.7 Å². The highest BCUT2D eigenvalue weighted by atomic mass is 35.5. The van der Waals surface area contributed by atoms with E-state index in [9.17, 15) is 4.79 Å². The summed E-state index contributed by atoms with van der Waals surface area (Å²) in [7, 11) is 0. The Morgan fingerprint density at radius 2 is 1.89 bits per heavy atom. The number of hydrogen-bond acceptors (Lipinski definition) is 5. The maximum Gasteiger partial charge on any atom is 0.328 e. The molecule has 2 aromatic carbocycles. The molecule has 0 atom stereocenters. The van der Waals surface area contributed by atoms with Crippen molar-refractivity contribution < 1.29 is 14.6 Å². The van der Waals surface area contributed by atoms with E-state index in [0.717, 1.165) is 33.0 Å². The van der Waals surface area contributed by atoms with Gasteiger partial charge in [-0.15, -0.1) is 5.10 Å². The van der Waals surface area contributed by atoms with Gasteiger partial charge in [0.25, 0.3) is 0 Å². The van der Waals surface area contributed by atoms with Crippen LogP contribution in [0.15, 0.2) is 60.2 Å². The highest BCUT2D eigenvalue weighted by Crippen LogP contribution is 2.26. The molecule has 0 bridgehead atoms.